The third kappa shape index (κ3) is 2.79. The average Bonchev–Trinajstić information content (AvgIpc) is 3.51. The van der Waals surface area contributed by atoms with Gasteiger partial charge in [-0.3, -0.25) is 0 Å². The molecular formula is C34H36N2. The third-order valence-electron chi connectivity index (χ3n) is 9.00. The maximum atomic E-state index is 4.50. The minimum atomic E-state index is 0.0660. The molecule has 1 unspecified atom stereocenters. The van der Waals surface area contributed by atoms with Crippen molar-refractivity contribution in [1.29, 1.82) is 0 Å². The predicted octanol–water partition coefficient (Wildman–Crippen LogP) is 9.25. The van der Waals surface area contributed by atoms with E-state index in [4.69, 9.17) is 0 Å². The molecule has 2 heterocycles. The number of nitrogens with zero attached hydrogens (tertiary/aromatic N) is 2. The molecule has 0 fully saturated rings. The van der Waals surface area contributed by atoms with Gasteiger partial charge in [-0.15, -0.1) is 0 Å². The van der Waals surface area contributed by atoms with Crippen molar-refractivity contribution in [3.8, 4) is 0 Å². The van der Waals surface area contributed by atoms with Gasteiger partial charge in [0.25, 0.3) is 0 Å². The summed E-state index contributed by atoms with van der Waals surface area (Å²) in [5, 5.41) is 2.78. The van der Waals surface area contributed by atoms with Gasteiger partial charge in [-0.2, -0.15) is 0 Å². The highest BCUT2D eigenvalue weighted by Gasteiger charge is 2.41. The van der Waals surface area contributed by atoms with Gasteiger partial charge in [0.05, 0.1) is 11.0 Å². The number of hydrogen-bond donors (Lipinski definition) is 0. The normalized spacial score (nSPS) is 22.1. The lowest BCUT2D eigenvalue weighted by molar-refractivity contribution is 0.473. The quantitative estimate of drug-likeness (QED) is 0.275. The minimum Gasteiger partial charge on any atom is -0.316 e. The van der Waals surface area contributed by atoms with Crippen molar-refractivity contribution < 1.29 is 0 Å². The van der Waals surface area contributed by atoms with Gasteiger partial charge in [0, 0.05) is 49.9 Å². The summed E-state index contributed by atoms with van der Waals surface area (Å²) in [7, 11) is 0. The molecule has 0 spiro atoms. The summed E-state index contributed by atoms with van der Waals surface area (Å²) in [6.45, 7) is 16.5. The monoisotopic (exact) mass is 472 g/mol. The molecule has 0 aliphatic heterocycles. The molecule has 3 aliphatic rings. The zero-order chi connectivity index (χ0) is 25.0. The number of para-hydroxylation sites is 2. The number of hydrogen-bond acceptors (Lipinski definition) is 0. The van der Waals surface area contributed by atoms with Crippen molar-refractivity contribution in [1.82, 2.24) is 9.13 Å². The van der Waals surface area contributed by atoms with Crippen LogP contribution in [0.15, 0.2) is 67.3 Å². The van der Waals surface area contributed by atoms with Crippen LogP contribution < -0.4 is 0 Å². The Labute approximate surface area is 214 Å². The molecule has 2 nitrogen and oxygen atoms in total. The second kappa shape index (κ2) is 7.16. The summed E-state index contributed by atoms with van der Waals surface area (Å²) in [4.78, 5) is 0. The Morgan fingerprint density at radius 3 is 2.25 bits per heavy atom. The van der Waals surface area contributed by atoms with Crippen LogP contribution in [0.2, 0.25) is 0 Å². The highest BCUT2D eigenvalue weighted by atomic mass is 15.1. The molecule has 0 bridgehead atoms. The Bertz CT molecular complexity index is 1660. The SMILES string of the molecule is C=C1CC(C)(C)c2c1c1ccccc1n2C1=CCCC(n2c3c(c4ccccc42)C(C)CC3(C)C)=C1. The maximum Gasteiger partial charge on any atom is 0.0537 e. The molecule has 1 atom stereocenters. The van der Waals surface area contributed by atoms with Crippen LogP contribution in [0.5, 0.6) is 0 Å². The van der Waals surface area contributed by atoms with E-state index in [9.17, 15) is 0 Å². The molecule has 0 N–H and O–H groups in total. The Morgan fingerprint density at radius 1 is 0.833 bits per heavy atom. The molecular weight excluding hydrogens is 436 g/mol. The van der Waals surface area contributed by atoms with Crippen molar-refractivity contribution in [2.45, 2.75) is 77.0 Å². The summed E-state index contributed by atoms with van der Waals surface area (Å²) in [5.41, 5.74) is 12.8. The smallest absolute Gasteiger partial charge is 0.0537 e. The summed E-state index contributed by atoms with van der Waals surface area (Å²) in [6, 6.07) is 18.0. The Balaban J connectivity index is 1.49. The second-order valence-electron chi connectivity index (χ2n) is 12.6. The summed E-state index contributed by atoms with van der Waals surface area (Å²) in [5.74, 6) is 0.587. The van der Waals surface area contributed by atoms with E-state index in [-0.39, 0.29) is 10.8 Å². The van der Waals surface area contributed by atoms with Crippen molar-refractivity contribution in [2.75, 3.05) is 0 Å². The molecule has 0 saturated carbocycles. The lowest BCUT2D eigenvalue weighted by Crippen LogP contribution is -2.20. The predicted molar refractivity (Wildman–Crippen MR) is 154 cm³/mol. The van der Waals surface area contributed by atoms with Crippen LogP contribution in [0.1, 0.15) is 88.7 Å². The number of fused-ring (bicyclic) bond motifs is 6. The summed E-state index contributed by atoms with van der Waals surface area (Å²) in [6.07, 6.45) is 9.29. The summed E-state index contributed by atoms with van der Waals surface area (Å²) >= 11 is 0. The molecule has 0 radical (unpaired) electrons. The minimum absolute atomic E-state index is 0.0660. The first-order valence-corrected chi connectivity index (χ1v) is 13.6. The van der Waals surface area contributed by atoms with Gasteiger partial charge in [0.15, 0.2) is 0 Å². The van der Waals surface area contributed by atoms with E-state index < -0.39 is 0 Å². The number of benzene rings is 2. The number of allylic oxidation sites excluding steroid dienone is 5. The first kappa shape index (κ1) is 22.0. The maximum absolute atomic E-state index is 4.50. The van der Waals surface area contributed by atoms with Crippen LogP contribution in [-0.4, -0.2) is 9.13 Å². The first-order valence-electron chi connectivity index (χ1n) is 13.6. The van der Waals surface area contributed by atoms with E-state index in [0.717, 1.165) is 19.3 Å². The molecule has 2 aromatic heterocycles. The Hall–Kier alpha value is -3.26. The van der Waals surface area contributed by atoms with E-state index in [1.54, 1.807) is 5.56 Å². The highest BCUT2D eigenvalue weighted by Crippen LogP contribution is 2.53. The molecule has 0 saturated heterocycles. The topological polar surface area (TPSA) is 9.86 Å². The lowest BCUT2D eigenvalue weighted by atomic mass is 9.88. The zero-order valence-electron chi connectivity index (χ0n) is 22.3. The van der Waals surface area contributed by atoms with Gasteiger partial charge < -0.3 is 9.13 Å². The van der Waals surface area contributed by atoms with Gasteiger partial charge in [-0.25, -0.2) is 0 Å². The van der Waals surface area contributed by atoms with Crippen LogP contribution in [0.4, 0.5) is 0 Å². The van der Waals surface area contributed by atoms with Crippen LogP contribution in [0, 0.1) is 0 Å². The summed E-state index contributed by atoms with van der Waals surface area (Å²) < 4.78 is 5.19. The molecule has 182 valence electrons. The molecule has 0 amide bonds. The van der Waals surface area contributed by atoms with E-state index in [1.165, 1.54) is 62.1 Å². The van der Waals surface area contributed by atoms with E-state index in [1.807, 2.05) is 0 Å². The standard InChI is InChI=1S/C34H36N2/c1-21-19-33(3,4)31-29(21)25-14-7-9-16-27(25)35(31)23-12-11-13-24(18-23)36-28-17-10-8-15-26(28)30-22(2)20-34(5,6)32(30)36/h7-10,12,14-18,22H,1,11,13,19-20H2,2-6H3. The van der Waals surface area contributed by atoms with Gasteiger partial charge >= 0.3 is 0 Å². The highest BCUT2D eigenvalue weighted by molar-refractivity contribution is 6.00. The number of aromatic nitrogens is 2. The fraction of sp³-hybridized carbons (Fsp3) is 0.353. The van der Waals surface area contributed by atoms with Gasteiger partial charge in [-0.1, -0.05) is 83.7 Å². The lowest BCUT2D eigenvalue weighted by Gasteiger charge is -2.27. The van der Waals surface area contributed by atoms with Crippen LogP contribution in [0.3, 0.4) is 0 Å². The molecule has 2 heteroatoms. The second-order valence-corrected chi connectivity index (χ2v) is 12.6. The molecule has 36 heavy (non-hydrogen) atoms. The van der Waals surface area contributed by atoms with Gasteiger partial charge in [-0.05, 0) is 60.9 Å². The van der Waals surface area contributed by atoms with Crippen molar-refractivity contribution >= 4 is 38.8 Å². The zero-order valence-corrected chi connectivity index (χ0v) is 22.3. The fourth-order valence-electron chi connectivity index (χ4n) is 7.91. The molecule has 2 aromatic carbocycles. The Morgan fingerprint density at radius 2 is 1.50 bits per heavy atom. The first-order chi connectivity index (χ1) is 17.2. The van der Waals surface area contributed by atoms with Crippen LogP contribution in [0.25, 0.3) is 38.8 Å². The molecule has 3 aliphatic carbocycles. The van der Waals surface area contributed by atoms with Gasteiger partial charge in [0.1, 0.15) is 0 Å². The van der Waals surface area contributed by atoms with Crippen LogP contribution in [-0.2, 0) is 10.8 Å². The number of rotatable bonds is 2. The Kier molecular flexibility index (Phi) is 4.37. The van der Waals surface area contributed by atoms with Gasteiger partial charge in [0.2, 0.25) is 0 Å². The van der Waals surface area contributed by atoms with E-state index in [2.05, 4.69) is 111 Å². The molecule has 4 aromatic rings. The van der Waals surface area contributed by atoms with E-state index >= 15 is 0 Å². The van der Waals surface area contributed by atoms with Crippen molar-refractivity contribution in [2.24, 2.45) is 0 Å². The average molecular weight is 473 g/mol. The largest absolute Gasteiger partial charge is 0.316 e. The van der Waals surface area contributed by atoms with E-state index in [0.29, 0.717) is 5.92 Å². The molecule has 7 rings (SSSR count). The van der Waals surface area contributed by atoms with Crippen molar-refractivity contribution in [3.63, 3.8) is 0 Å². The van der Waals surface area contributed by atoms with Crippen LogP contribution >= 0.6 is 0 Å². The van der Waals surface area contributed by atoms with Crippen molar-refractivity contribution in [3.05, 3.63) is 89.8 Å². The fourth-order valence-corrected chi connectivity index (χ4v) is 7.91. The third-order valence-corrected chi connectivity index (χ3v) is 9.00.